The minimum Gasteiger partial charge on any atom is -0.481 e. The normalized spacial score (nSPS) is 10.3. The lowest BCUT2D eigenvalue weighted by Gasteiger charge is -2.07. The summed E-state index contributed by atoms with van der Waals surface area (Å²) in [5, 5.41) is 14.3. The number of nitrogens with one attached hydrogen (secondary N) is 1. The molecule has 6 heteroatoms. The van der Waals surface area contributed by atoms with Crippen LogP contribution in [0.15, 0.2) is 28.1 Å². The number of hydrogen-bond donors (Lipinski definition) is 2. The minimum atomic E-state index is -0.870. The summed E-state index contributed by atoms with van der Waals surface area (Å²) in [5.74, 6) is -0.870. The van der Waals surface area contributed by atoms with Crippen molar-refractivity contribution in [2.45, 2.75) is 13.3 Å². The Hall–Kier alpha value is -1.40. The van der Waals surface area contributed by atoms with Gasteiger partial charge in [-0.25, -0.2) is 4.98 Å². The van der Waals surface area contributed by atoms with Gasteiger partial charge in [-0.3, -0.25) is 4.79 Å². The summed E-state index contributed by atoms with van der Waals surface area (Å²) in [5.41, 5.74) is 2.62. The highest BCUT2D eigenvalue weighted by molar-refractivity contribution is 9.10. The second kappa shape index (κ2) is 5.49. The van der Waals surface area contributed by atoms with Crippen molar-refractivity contribution in [2.24, 2.45) is 0 Å². The number of carboxylic acids is 1. The molecular formula is C12H11BrN2O2S. The van der Waals surface area contributed by atoms with Crippen LogP contribution >= 0.6 is 27.3 Å². The Labute approximate surface area is 117 Å². The third-order valence-electron chi connectivity index (χ3n) is 2.39. The summed E-state index contributed by atoms with van der Waals surface area (Å²) in [6.07, 6.45) is -0.0460. The van der Waals surface area contributed by atoms with E-state index >= 15 is 0 Å². The zero-order valence-electron chi connectivity index (χ0n) is 9.61. The zero-order valence-corrected chi connectivity index (χ0v) is 12.0. The molecule has 0 aliphatic heterocycles. The maximum Gasteiger partial charge on any atom is 0.309 e. The molecule has 1 aromatic heterocycles. The second-order valence-electron chi connectivity index (χ2n) is 3.75. The van der Waals surface area contributed by atoms with Crippen molar-refractivity contribution in [1.29, 1.82) is 0 Å². The fraction of sp³-hybridized carbons (Fsp3) is 0.167. The molecule has 0 bridgehead atoms. The first-order valence-corrected chi connectivity index (χ1v) is 6.92. The number of carboxylic acid groups (broad SMARTS) is 1. The number of aliphatic carboxylic acids is 1. The third kappa shape index (κ3) is 3.08. The Bertz CT molecular complexity index is 583. The van der Waals surface area contributed by atoms with E-state index in [2.05, 4.69) is 26.2 Å². The maximum atomic E-state index is 10.6. The molecular weight excluding hydrogens is 316 g/mol. The van der Waals surface area contributed by atoms with E-state index < -0.39 is 5.97 Å². The minimum absolute atomic E-state index is 0.0460. The standard InChI is InChI=1S/C12H11BrN2O2S/c1-7-9(13)3-2-4-10(7)15-12-14-8(6-18-12)5-11(16)17/h2-4,6H,5H2,1H3,(H,14,15)(H,16,17). The Morgan fingerprint density at radius 3 is 3.06 bits per heavy atom. The van der Waals surface area contributed by atoms with E-state index in [1.807, 2.05) is 25.1 Å². The van der Waals surface area contributed by atoms with Gasteiger partial charge in [-0.1, -0.05) is 22.0 Å². The smallest absolute Gasteiger partial charge is 0.309 e. The Morgan fingerprint density at radius 1 is 1.56 bits per heavy atom. The molecule has 2 N–H and O–H groups in total. The van der Waals surface area contributed by atoms with Gasteiger partial charge in [-0.2, -0.15) is 0 Å². The highest BCUT2D eigenvalue weighted by Gasteiger charge is 2.08. The van der Waals surface area contributed by atoms with Gasteiger partial charge in [0.25, 0.3) is 0 Å². The first kappa shape index (κ1) is 13.0. The molecule has 2 rings (SSSR count). The predicted octanol–water partition coefficient (Wildman–Crippen LogP) is 3.58. The summed E-state index contributed by atoms with van der Waals surface area (Å²) in [6, 6.07) is 5.86. The number of benzene rings is 1. The number of thiazole rings is 1. The van der Waals surface area contributed by atoms with Crippen molar-refractivity contribution < 1.29 is 9.90 Å². The number of nitrogens with zero attached hydrogens (tertiary/aromatic N) is 1. The number of rotatable bonds is 4. The number of carbonyl (C=O) groups is 1. The average molecular weight is 327 g/mol. The predicted molar refractivity (Wildman–Crippen MR) is 75.6 cm³/mol. The average Bonchev–Trinajstić information content (AvgIpc) is 2.71. The van der Waals surface area contributed by atoms with E-state index in [4.69, 9.17) is 5.11 Å². The lowest BCUT2D eigenvalue weighted by molar-refractivity contribution is -0.136. The molecule has 4 nitrogen and oxygen atoms in total. The van der Waals surface area contributed by atoms with E-state index in [0.717, 1.165) is 15.7 Å². The number of aromatic nitrogens is 1. The van der Waals surface area contributed by atoms with Gasteiger partial charge in [0, 0.05) is 15.5 Å². The van der Waals surface area contributed by atoms with Crippen LogP contribution in [-0.4, -0.2) is 16.1 Å². The fourth-order valence-electron chi connectivity index (χ4n) is 1.46. The largest absolute Gasteiger partial charge is 0.481 e. The monoisotopic (exact) mass is 326 g/mol. The van der Waals surface area contributed by atoms with Crippen molar-refractivity contribution in [3.8, 4) is 0 Å². The van der Waals surface area contributed by atoms with Crippen LogP contribution < -0.4 is 5.32 Å². The topological polar surface area (TPSA) is 62.2 Å². The molecule has 0 amide bonds. The van der Waals surface area contributed by atoms with Gasteiger partial charge in [0.1, 0.15) is 0 Å². The molecule has 0 aliphatic rings. The quantitative estimate of drug-likeness (QED) is 0.901. The zero-order chi connectivity index (χ0) is 13.1. The molecule has 0 saturated heterocycles. The molecule has 1 heterocycles. The third-order valence-corrected chi connectivity index (χ3v) is 4.06. The highest BCUT2D eigenvalue weighted by atomic mass is 79.9. The van der Waals surface area contributed by atoms with Crippen LogP contribution in [0.1, 0.15) is 11.3 Å². The molecule has 0 radical (unpaired) electrons. The van der Waals surface area contributed by atoms with Crippen LogP contribution in [0.3, 0.4) is 0 Å². The van der Waals surface area contributed by atoms with Gasteiger partial charge in [-0.15, -0.1) is 11.3 Å². The summed E-state index contributed by atoms with van der Waals surface area (Å²) in [6.45, 7) is 2.00. The van der Waals surface area contributed by atoms with E-state index in [-0.39, 0.29) is 6.42 Å². The van der Waals surface area contributed by atoms with E-state index in [0.29, 0.717) is 10.8 Å². The Balaban J connectivity index is 2.16. The molecule has 0 unspecified atom stereocenters. The van der Waals surface area contributed by atoms with Gasteiger partial charge < -0.3 is 10.4 Å². The molecule has 0 atom stereocenters. The first-order chi connectivity index (χ1) is 8.56. The van der Waals surface area contributed by atoms with Gasteiger partial charge in [0.2, 0.25) is 0 Å². The molecule has 1 aromatic carbocycles. The molecule has 0 saturated carbocycles. The molecule has 0 fully saturated rings. The Morgan fingerprint density at radius 2 is 2.33 bits per heavy atom. The molecule has 94 valence electrons. The van der Waals surface area contributed by atoms with E-state index in [1.54, 1.807) is 5.38 Å². The van der Waals surface area contributed by atoms with Crippen LogP contribution in [0.5, 0.6) is 0 Å². The molecule has 0 aliphatic carbocycles. The second-order valence-corrected chi connectivity index (χ2v) is 5.46. The van der Waals surface area contributed by atoms with Crippen molar-refractivity contribution in [3.05, 3.63) is 39.3 Å². The number of hydrogen-bond acceptors (Lipinski definition) is 4. The van der Waals surface area contributed by atoms with E-state index in [1.165, 1.54) is 11.3 Å². The van der Waals surface area contributed by atoms with Gasteiger partial charge in [0.15, 0.2) is 5.13 Å². The lowest BCUT2D eigenvalue weighted by atomic mass is 10.2. The van der Waals surface area contributed by atoms with Gasteiger partial charge in [-0.05, 0) is 24.6 Å². The van der Waals surface area contributed by atoms with Crippen molar-refractivity contribution >= 4 is 44.1 Å². The SMILES string of the molecule is Cc1c(Br)cccc1Nc1nc(CC(=O)O)cs1. The van der Waals surface area contributed by atoms with Crippen molar-refractivity contribution in [1.82, 2.24) is 4.98 Å². The van der Waals surface area contributed by atoms with Crippen molar-refractivity contribution in [3.63, 3.8) is 0 Å². The fourth-order valence-corrected chi connectivity index (χ4v) is 2.55. The summed E-state index contributed by atoms with van der Waals surface area (Å²) in [7, 11) is 0. The lowest BCUT2D eigenvalue weighted by Crippen LogP contribution is -2.00. The van der Waals surface area contributed by atoms with Gasteiger partial charge in [0.05, 0.1) is 12.1 Å². The maximum absolute atomic E-state index is 10.6. The summed E-state index contributed by atoms with van der Waals surface area (Å²) in [4.78, 5) is 14.8. The Kier molecular flexibility index (Phi) is 3.98. The first-order valence-electron chi connectivity index (χ1n) is 5.24. The van der Waals surface area contributed by atoms with Crippen LogP contribution in [0.4, 0.5) is 10.8 Å². The van der Waals surface area contributed by atoms with Crippen LogP contribution in [0.25, 0.3) is 0 Å². The molecule has 18 heavy (non-hydrogen) atoms. The molecule has 0 spiro atoms. The van der Waals surface area contributed by atoms with Crippen LogP contribution in [0, 0.1) is 6.92 Å². The van der Waals surface area contributed by atoms with E-state index in [9.17, 15) is 4.79 Å². The van der Waals surface area contributed by atoms with Crippen molar-refractivity contribution in [2.75, 3.05) is 5.32 Å². The van der Waals surface area contributed by atoms with Crippen LogP contribution in [0.2, 0.25) is 0 Å². The highest BCUT2D eigenvalue weighted by Crippen LogP contribution is 2.27. The summed E-state index contributed by atoms with van der Waals surface area (Å²) < 4.78 is 1.02. The summed E-state index contributed by atoms with van der Waals surface area (Å²) >= 11 is 4.86. The van der Waals surface area contributed by atoms with Crippen LogP contribution in [-0.2, 0) is 11.2 Å². The van der Waals surface area contributed by atoms with Gasteiger partial charge >= 0.3 is 5.97 Å². The molecule has 2 aromatic rings. The number of anilines is 2. The number of halogens is 1.